The first-order valence-electron chi connectivity index (χ1n) is 6.89. The molecule has 0 aliphatic carbocycles. The SMILES string of the molecule is CCC(N)C(=O)Nc1ccccc1C(=O)NCC(C)C. The van der Waals surface area contributed by atoms with Crippen LogP contribution in [-0.4, -0.2) is 24.4 Å². The number of nitrogens with two attached hydrogens (primary N) is 1. The molecule has 0 saturated carbocycles. The third kappa shape index (κ3) is 4.66. The van der Waals surface area contributed by atoms with Gasteiger partial charge >= 0.3 is 0 Å². The molecular formula is C15H23N3O2. The van der Waals surface area contributed by atoms with Crippen molar-refractivity contribution in [2.45, 2.75) is 33.2 Å². The fourth-order valence-corrected chi connectivity index (χ4v) is 1.59. The summed E-state index contributed by atoms with van der Waals surface area (Å²) >= 11 is 0. The summed E-state index contributed by atoms with van der Waals surface area (Å²) in [5.74, 6) is -0.106. The van der Waals surface area contributed by atoms with Crippen molar-refractivity contribution < 1.29 is 9.59 Å². The summed E-state index contributed by atoms with van der Waals surface area (Å²) in [6.07, 6.45) is 0.549. The second kappa shape index (κ2) is 7.65. The molecule has 0 aliphatic heterocycles. The molecule has 110 valence electrons. The Morgan fingerprint density at radius 2 is 1.90 bits per heavy atom. The summed E-state index contributed by atoms with van der Waals surface area (Å²) in [6.45, 7) is 6.48. The smallest absolute Gasteiger partial charge is 0.253 e. The van der Waals surface area contributed by atoms with E-state index in [0.717, 1.165) is 0 Å². The van der Waals surface area contributed by atoms with E-state index in [9.17, 15) is 9.59 Å². The molecule has 5 heteroatoms. The summed E-state index contributed by atoms with van der Waals surface area (Å²) in [5, 5.41) is 5.54. The molecule has 0 saturated heterocycles. The fraction of sp³-hybridized carbons (Fsp3) is 0.467. The number of carbonyl (C=O) groups excluding carboxylic acids is 2. The van der Waals surface area contributed by atoms with Gasteiger partial charge in [-0.05, 0) is 24.5 Å². The van der Waals surface area contributed by atoms with E-state index in [1.807, 2.05) is 20.8 Å². The molecule has 0 fully saturated rings. The highest BCUT2D eigenvalue weighted by Gasteiger charge is 2.16. The molecular weight excluding hydrogens is 254 g/mol. The minimum atomic E-state index is -0.568. The molecule has 1 unspecified atom stereocenters. The zero-order chi connectivity index (χ0) is 15.1. The van der Waals surface area contributed by atoms with Crippen molar-refractivity contribution in [1.29, 1.82) is 0 Å². The number of carbonyl (C=O) groups is 2. The molecule has 2 amide bonds. The van der Waals surface area contributed by atoms with Crippen LogP contribution in [-0.2, 0) is 4.79 Å². The largest absolute Gasteiger partial charge is 0.352 e. The van der Waals surface area contributed by atoms with Crippen LogP contribution in [0.2, 0.25) is 0 Å². The van der Waals surface area contributed by atoms with Gasteiger partial charge in [0.25, 0.3) is 5.91 Å². The predicted molar refractivity (Wildman–Crippen MR) is 80.5 cm³/mol. The van der Waals surface area contributed by atoms with Crippen molar-refractivity contribution in [3.05, 3.63) is 29.8 Å². The van der Waals surface area contributed by atoms with Crippen molar-refractivity contribution in [2.24, 2.45) is 11.7 Å². The van der Waals surface area contributed by atoms with E-state index in [-0.39, 0.29) is 11.8 Å². The number of para-hydroxylation sites is 1. The van der Waals surface area contributed by atoms with Crippen molar-refractivity contribution in [3.8, 4) is 0 Å². The molecule has 1 aromatic rings. The lowest BCUT2D eigenvalue weighted by molar-refractivity contribution is -0.117. The van der Waals surface area contributed by atoms with E-state index in [2.05, 4.69) is 10.6 Å². The Hall–Kier alpha value is -1.88. The van der Waals surface area contributed by atoms with Gasteiger partial charge in [-0.25, -0.2) is 0 Å². The number of hydrogen-bond donors (Lipinski definition) is 3. The van der Waals surface area contributed by atoms with Crippen LogP contribution in [0.5, 0.6) is 0 Å². The normalized spacial score (nSPS) is 12.1. The lowest BCUT2D eigenvalue weighted by Gasteiger charge is -2.14. The van der Waals surface area contributed by atoms with E-state index in [1.54, 1.807) is 24.3 Å². The lowest BCUT2D eigenvalue weighted by Crippen LogP contribution is -2.35. The Labute approximate surface area is 119 Å². The number of benzene rings is 1. The molecule has 0 bridgehead atoms. The monoisotopic (exact) mass is 277 g/mol. The van der Waals surface area contributed by atoms with E-state index in [1.165, 1.54) is 0 Å². The first-order valence-corrected chi connectivity index (χ1v) is 6.89. The van der Waals surface area contributed by atoms with Crippen molar-refractivity contribution >= 4 is 17.5 Å². The average molecular weight is 277 g/mol. The Morgan fingerprint density at radius 1 is 1.25 bits per heavy atom. The molecule has 0 aliphatic rings. The van der Waals surface area contributed by atoms with E-state index >= 15 is 0 Å². The highest BCUT2D eigenvalue weighted by Crippen LogP contribution is 2.15. The molecule has 0 heterocycles. The molecule has 0 aromatic heterocycles. The van der Waals surface area contributed by atoms with Gasteiger partial charge in [0.05, 0.1) is 17.3 Å². The zero-order valence-corrected chi connectivity index (χ0v) is 12.3. The van der Waals surface area contributed by atoms with Gasteiger partial charge in [-0.15, -0.1) is 0 Å². The number of rotatable bonds is 6. The Morgan fingerprint density at radius 3 is 2.50 bits per heavy atom. The minimum absolute atomic E-state index is 0.195. The number of hydrogen-bond acceptors (Lipinski definition) is 3. The summed E-state index contributed by atoms with van der Waals surface area (Å²) in [6, 6.07) is 6.35. The van der Waals surface area contributed by atoms with Crippen LogP contribution in [0.1, 0.15) is 37.6 Å². The summed E-state index contributed by atoms with van der Waals surface area (Å²) < 4.78 is 0. The summed E-state index contributed by atoms with van der Waals surface area (Å²) in [7, 11) is 0. The fourth-order valence-electron chi connectivity index (χ4n) is 1.59. The van der Waals surface area contributed by atoms with Gasteiger partial charge in [0.2, 0.25) is 5.91 Å². The Kier molecular flexibility index (Phi) is 6.18. The highest BCUT2D eigenvalue weighted by molar-refractivity contribution is 6.04. The summed E-state index contributed by atoms with van der Waals surface area (Å²) in [4.78, 5) is 23.9. The van der Waals surface area contributed by atoms with E-state index < -0.39 is 6.04 Å². The third-order valence-corrected chi connectivity index (χ3v) is 2.88. The van der Waals surface area contributed by atoms with Crippen molar-refractivity contribution in [1.82, 2.24) is 5.32 Å². The van der Waals surface area contributed by atoms with Crippen LogP contribution >= 0.6 is 0 Å². The molecule has 1 aromatic carbocycles. The minimum Gasteiger partial charge on any atom is -0.352 e. The average Bonchev–Trinajstić information content (AvgIpc) is 2.44. The predicted octanol–water partition coefficient (Wildman–Crippen LogP) is 1.75. The maximum absolute atomic E-state index is 12.1. The topological polar surface area (TPSA) is 84.2 Å². The first-order chi connectivity index (χ1) is 9.45. The van der Waals surface area contributed by atoms with Gasteiger partial charge < -0.3 is 16.4 Å². The molecule has 1 rings (SSSR count). The molecule has 1 atom stereocenters. The standard InChI is InChI=1S/C15H23N3O2/c1-4-12(16)15(20)18-13-8-6-5-7-11(13)14(19)17-9-10(2)3/h5-8,10,12H,4,9,16H2,1-3H3,(H,17,19)(H,18,20). The first kappa shape index (κ1) is 16.2. The van der Waals surface area contributed by atoms with E-state index in [4.69, 9.17) is 5.73 Å². The molecule has 20 heavy (non-hydrogen) atoms. The summed E-state index contributed by atoms with van der Waals surface area (Å²) in [5.41, 5.74) is 6.61. The van der Waals surface area contributed by atoms with Crippen molar-refractivity contribution in [3.63, 3.8) is 0 Å². The zero-order valence-electron chi connectivity index (χ0n) is 12.3. The Balaban J connectivity index is 2.82. The maximum atomic E-state index is 12.1. The maximum Gasteiger partial charge on any atom is 0.253 e. The Bertz CT molecular complexity index is 472. The van der Waals surface area contributed by atoms with Gasteiger partial charge in [-0.2, -0.15) is 0 Å². The second-order valence-corrected chi connectivity index (χ2v) is 5.15. The van der Waals surface area contributed by atoms with Crippen molar-refractivity contribution in [2.75, 3.05) is 11.9 Å². The van der Waals surface area contributed by atoms with Crippen LogP contribution in [0.15, 0.2) is 24.3 Å². The lowest BCUT2D eigenvalue weighted by atomic mass is 10.1. The molecule has 4 N–H and O–H groups in total. The van der Waals surface area contributed by atoms with Crippen LogP contribution in [0.25, 0.3) is 0 Å². The molecule has 0 radical (unpaired) electrons. The van der Waals surface area contributed by atoms with Gasteiger partial charge in [0.15, 0.2) is 0 Å². The van der Waals surface area contributed by atoms with Crippen LogP contribution in [0, 0.1) is 5.92 Å². The highest BCUT2D eigenvalue weighted by atomic mass is 16.2. The number of nitrogens with one attached hydrogen (secondary N) is 2. The van der Waals surface area contributed by atoms with Crippen LogP contribution in [0.4, 0.5) is 5.69 Å². The molecule has 0 spiro atoms. The second-order valence-electron chi connectivity index (χ2n) is 5.15. The number of amides is 2. The van der Waals surface area contributed by atoms with Gasteiger partial charge in [0, 0.05) is 6.54 Å². The van der Waals surface area contributed by atoms with Gasteiger partial charge in [-0.1, -0.05) is 32.9 Å². The van der Waals surface area contributed by atoms with E-state index in [0.29, 0.717) is 30.1 Å². The quantitative estimate of drug-likeness (QED) is 0.740. The van der Waals surface area contributed by atoms with Gasteiger partial charge in [0.1, 0.15) is 0 Å². The van der Waals surface area contributed by atoms with Crippen LogP contribution < -0.4 is 16.4 Å². The van der Waals surface area contributed by atoms with Crippen LogP contribution in [0.3, 0.4) is 0 Å². The number of anilines is 1. The molecule has 5 nitrogen and oxygen atoms in total. The van der Waals surface area contributed by atoms with Gasteiger partial charge in [-0.3, -0.25) is 9.59 Å². The third-order valence-electron chi connectivity index (χ3n) is 2.88.